The van der Waals surface area contributed by atoms with Crippen LogP contribution >= 0.6 is 0 Å². The molecule has 0 fully saturated rings. The van der Waals surface area contributed by atoms with Gasteiger partial charge in [-0.05, 0) is 19.9 Å². The SMILES string of the molecule is Cc1cc(C(=O)N(C)CCc2noc(C(C)C)n2)c2c(C)nn(C)c2n1. The second-order valence-electron chi connectivity index (χ2n) is 6.90. The van der Waals surface area contributed by atoms with E-state index in [0.29, 0.717) is 30.2 Å². The van der Waals surface area contributed by atoms with Gasteiger partial charge in [0, 0.05) is 38.7 Å². The number of pyridine rings is 1. The van der Waals surface area contributed by atoms with Crippen LogP contribution in [-0.2, 0) is 13.5 Å². The topological polar surface area (TPSA) is 89.9 Å². The van der Waals surface area contributed by atoms with Gasteiger partial charge in [-0.2, -0.15) is 10.1 Å². The van der Waals surface area contributed by atoms with Gasteiger partial charge in [-0.15, -0.1) is 0 Å². The zero-order valence-corrected chi connectivity index (χ0v) is 16.1. The Kier molecular flexibility index (Phi) is 4.76. The van der Waals surface area contributed by atoms with Gasteiger partial charge in [0.25, 0.3) is 5.91 Å². The van der Waals surface area contributed by atoms with Crippen LogP contribution in [-0.4, -0.2) is 49.3 Å². The lowest BCUT2D eigenvalue weighted by molar-refractivity contribution is 0.0797. The predicted molar refractivity (Wildman–Crippen MR) is 97.0 cm³/mol. The minimum absolute atomic E-state index is 0.0656. The van der Waals surface area contributed by atoms with Gasteiger partial charge in [0.2, 0.25) is 5.89 Å². The highest BCUT2D eigenvalue weighted by Crippen LogP contribution is 2.22. The third kappa shape index (κ3) is 3.31. The van der Waals surface area contributed by atoms with E-state index in [2.05, 4.69) is 20.2 Å². The molecule has 0 radical (unpaired) electrons. The summed E-state index contributed by atoms with van der Waals surface area (Å²) in [6.07, 6.45) is 0.539. The number of aryl methyl sites for hydroxylation is 3. The number of carbonyl (C=O) groups excluding carboxylic acids is 1. The van der Waals surface area contributed by atoms with Gasteiger partial charge in [-0.3, -0.25) is 9.48 Å². The number of likely N-dealkylation sites (N-methyl/N-ethyl adjacent to an activating group) is 1. The van der Waals surface area contributed by atoms with E-state index in [0.717, 1.165) is 22.4 Å². The van der Waals surface area contributed by atoms with Crippen LogP contribution in [0.3, 0.4) is 0 Å². The third-order valence-corrected chi connectivity index (χ3v) is 4.32. The van der Waals surface area contributed by atoms with Gasteiger partial charge in [0.05, 0.1) is 16.6 Å². The van der Waals surface area contributed by atoms with E-state index in [1.807, 2.05) is 40.8 Å². The first-order valence-corrected chi connectivity index (χ1v) is 8.66. The zero-order valence-electron chi connectivity index (χ0n) is 16.1. The van der Waals surface area contributed by atoms with Crippen molar-refractivity contribution in [3.63, 3.8) is 0 Å². The molecule has 0 unspecified atom stereocenters. The Balaban J connectivity index is 1.81. The second-order valence-corrected chi connectivity index (χ2v) is 6.90. The summed E-state index contributed by atoms with van der Waals surface area (Å²) < 4.78 is 6.92. The van der Waals surface area contributed by atoms with Crippen LogP contribution in [0.25, 0.3) is 11.0 Å². The summed E-state index contributed by atoms with van der Waals surface area (Å²) in [6.45, 7) is 8.27. The highest BCUT2D eigenvalue weighted by Gasteiger charge is 2.21. The summed E-state index contributed by atoms with van der Waals surface area (Å²) in [4.78, 5) is 23.5. The molecule has 0 N–H and O–H groups in total. The van der Waals surface area contributed by atoms with Crippen molar-refractivity contribution in [2.45, 2.75) is 40.0 Å². The second kappa shape index (κ2) is 6.86. The fourth-order valence-electron chi connectivity index (χ4n) is 2.92. The van der Waals surface area contributed by atoms with Crippen LogP contribution in [0.5, 0.6) is 0 Å². The Hall–Kier alpha value is -2.77. The minimum atomic E-state index is -0.0656. The number of amides is 1. The number of hydrogen-bond donors (Lipinski definition) is 0. The number of carbonyl (C=O) groups is 1. The molecular weight excluding hydrogens is 332 g/mol. The lowest BCUT2D eigenvalue weighted by Crippen LogP contribution is -2.29. The number of nitrogens with zero attached hydrogens (tertiary/aromatic N) is 6. The molecule has 0 aliphatic rings. The molecule has 8 heteroatoms. The van der Waals surface area contributed by atoms with Gasteiger partial charge in [-0.1, -0.05) is 19.0 Å². The van der Waals surface area contributed by atoms with E-state index in [1.54, 1.807) is 16.6 Å². The summed E-state index contributed by atoms with van der Waals surface area (Å²) >= 11 is 0. The van der Waals surface area contributed by atoms with E-state index in [1.165, 1.54) is 0 Å². The summed E-state index contributed by atoms with van der Waals surface area (Å²) in [5.74, 6) is 1.36. The van der Waals surface area contributed by atoms with Crippen molar-refractivity contribution < 1.29 is 9.32 Å². The molecule has 0 aliphatic carbocycles. The maximum atomic E-state index is 13.0. The van der Waals surface area contributed by atoms with Crippen molar-refractivity contribution in [2.24, 2.45) is 7.05 Å². The maximum Gasteiger partial charge on any atom is 0.254 e. The number of fused-ring (bicyclic) bond motifs is 1. The van der Waals surface area contributed by atoms with E-state index in [9.17, 15) is 4.79 Å². The summed E-state index contributed by atoms with van der Waals surface area (Å²) in [6, 6.07) is 1.82. The smallest absolute Gasteiger partial charge is 0.254 e. The molecule has 0 atom stereocenters. The Morgan fingerprint density at radius 3 is 2.69 bits per heavy atom. The molecule has 3 heterocycles. The molecule has 3 aromatic rings. The first-order valence-electron chi connectivity index (χ1n) is 8.66. The summed E-state index contributed by atoms with van der Waals surface area (Å²) in [5, 5.41) is 9.18. The molecule has 0 saturated heterocycles. The zero-order chi connectivity index (χ0) is 19.0. The average molecular weight is 356 g/mol. The molecular formula is C18H24N6O2. The molecule has 0 spiro atoms. The van der Waals surface area contributed by atoms with Crippen LogP contribution in [0.1, 0.15) is 53.2 Å². The van der Waals surface area contributed by atoms with Crippen molar-refractivity contribution in [3.8, 4) is 0 Å². The predicted octanol–water partition coefficient (Wildman–Crippen LogP) is 2.41. The lowest BCUT2D eigenvalue weighted by atomic mass is 10.1. The lowest BCUT2D eigenvalue weighted by Gasteiger charge is -2.17. The van der Waals surface area contributed by atoms with Gasteiger partial charge >= 0.3 is 0 Å². The Morgan fingerprint density at radius 1 is 1.31 bits per heavy atom. The fourth-order valence-corrected chi connectivity index (χ4v) is 2.92. The van der Waals surface area contributed by atoms with E-state index in [-0.39, 0.29) is 11.8 Å². The highest BCUT2D eigenvalue weighted by atomic mass is 16.5. The summed E-state index contributed by atoms with van der Waals surface area (Å²) in [5.41, 5.74) is 2.93. The van der Waals surface area contributed by atoms with Crippen LogP contribution in [0.4, 0.5) is 0 Å². The van der Waals surface area contributed by atoms with Gasteiger partial charge in [0.1, 0.15) is 0 Å². The molecule has 1 amide bonds. The van der Waals surface area contributed by atoms with Crippen molar-refractivity contribution in [3.05, 3.63) is 34.7 Å². The van der Waals surface area contributed by atoms with Crippen LogP contribution < -0.4 is 0 Å². The van der Waals surface area contributed by atoms with E-state index < -0.39 is 0 Å². The molecule has 0 aliphatic heterocycles. The first kappa shape index (κ1) is 18.0. The Bertz CT molecular complexity index is 956. The number of hydrogen-bond acceptors (Lipinski definition) is 6. The minimum Gasteiger partial charge on any atom is -0.341 e. The van der Waals surface area contributed by atoms with Crippen molar-refractivity contribution in [1.82, 2.24) is 29.8 Å². The van der Waals surface area contributed by atoms with Crippen molar-refractivity contribution >= 4 is 16.9 Å². The van der Waals surface area contributed by atoms with Crippen molar-refractivity contribution in [1.29, 1.82) is 0 Å². The van der Waals surface area contributed by atoms with Crippen molar-refractivity contribution in [2.75, 3.05) is 13.6 Å². The quantitative estimate of drug-likeness (QED) is 0.697. The Morgan fingerprint density at radius 2 is 2.04 bits per heavy atom. The average Bonchev–Trinajstić information content (AvgIpc) is 3.17. The largest absolute Gasteiger partial charge is 0.341 e. The van der Waals surface area contributed by atoms with Crippen LogP contribution in [0.15, 0.2) is 10.6 Å². The molecule has 8 nitrogen and oxygen atoms in total. The third-order valence-electron chi connectivity index (χ3n) is 4.32. The van der Waals surface area contributed by atoms with E-state index >= 15 is 0 Å². The first-order chi connectivity index (χ1) is 12.3. The van der Waals surface area contributed by atoms with Gasteiger partial charge in [0.15, 0.2) is 11.5 Å². The highest BCUT2D eigenvalue weighted by molar-refractivity contribution is 6.06. The van der Waals surface area contributed by atoms with Gasteiger partial charge < -0.3 is 9.42 Å². The molecule has 0 aromatic carbocycles. The van der Waals surface area contributed by atoms with Crippen LogP contribution in [0.2, 0.25) is 0 Å². The molecule has 3 rings (SSSR count). The molecule has 26 heavy (non-hydrogen) atoms. The fraction of sp³-hybridized carbons (Fsp3) is 0.500. The standard InChI is InChI=1S/C18H24N6O2/c1-10(2)17-20-14(22-26-17)7-8-23(5)18(25)13-9-11(3)19-16-15(13)12(4)21-24(16)6/h9-10H,7-8H2,1-6H3. The van der Waals surface area contributed by atoms with E-state index in [4.69, 9.17) is 4.52 Å². The summed E-state index contributed by atoms with van der Waals surface area (Å²) in [7, 11) is 3.61. The maximum absolute atomic E-state index is 13.0. The number of rotatable bonds is 5. The molecule has 3 aromatic heterocycles. The van der Waals surface area contributed by atoms with Crippen LogP contribution in [0, 0.1) is 13.8 Å². The number of aromatic nitrogens is 5. The molecule has 138 valence electrons. The molecule has 0 bridgehead atoms. The van der Waals surface area contributed by atoms with Gasteiger partial charge in [-0.25, -0.2) is 4.98 Å². The monoisotopic (exact) mass is 356 g/mol. The Labute approximate surface area is 152 Å². The normalized spacial score (nSPS) is 11.5. The molecule has 0 saturated carbocycles.